The summed E-state index contributed by atoms with van der Waals surface area (Å²) in [5.41, 5.74) is 4.28. The predicted octanol–water partition coefficient (Wildman–Crippen LogP) is 4.96. The normalized spacial score (nSPS) is 18.1. The third-order valence-electron chi connectivity index (χ3n) is 5.84. The highest BCUT2D eigenvalue weighted by molar-refractivity contribution is 7.80. The van der Waals surface area contributed by atoms with Crippen molar-refractivity contribution in [2.75, 3.05) is 7.11 Å². The SMILES string of the molecule is COc1ccc(-n2c(C)ccc2[C@@H]2[C@H](c3ccccn3)NC(=S)N2Cc2ccco2)cc1. The highest BCUT2D eigenvalue weighted by atomic mass is 32.1. The predicted molar refractivity (Wildman–Crippen MR) is 127 cm³/mol. The van der Waals surface area contributed by atoms with E-state index in [0.29, 0.717) is 11.7 Å². The maximum Gasteiger partial charge on any atom is 0.170 e. The fraction of sp³-hybridized carbons (Fsp3) is 0.200. The average molecular weight is 445 g/mol. The van der Waals surface area contributed by atoms with Crippen LogP contribution in [0.5, 0.6) is 5.75 Å². The van der Waals surface area contributed by atoms with Gasteiger partial charge in [0, 0.05) is 23.3 Å². The maximum absolute atomic E-state index is 5.79. The van der Waals surface area contributed by atoms with E-state index in [1.807, 2.05) is 48.7 Å². The Labute approximate surface area is 192 Å². The van der Waals surface area contributed by atoms with Crippen LogP contribution in [0.2, 0.25) is 0 Å². The second-order valence-electron chi connectivity index (χ2n) is 7.77. The molecule has 1 aromatic carbocycles. The molecule has 2 atom stereocenters. The number of thiocarbonyl (C=S) groups is 1. The molecular weight excluding hydrogens is 420 g/mol. The van der Waals surface area contributed by atoms with E-state index in [-0.39, 0.29) is 12.1 Å². The van der Waals surface area contributed by atoms with Crippen molar-refractivity contribution in [1.29, 1.82) is 0 Å². The number of rotatable bonds is 6. The third-order valence-corrected chi connectivity index (χ3v) is 6.20. The van der Waals surface area contributed by atoms with Crippen molar-refractivity contribution in [3.63, 3.8) is 0 Å². The molecular formula is C25H24N4O2S. The lowest BCUT2D eigenvalue weighted by Crippen LogP contribution is -2.30. The summed E-state index contributed by atoms with van der Waals surface area (Å²) in [6.45, 7) is 2.68. The average Bonchev–Trinajstić information content (AvgIpc) is 3.55. The van der Waals surface area contributed by atoms with Crippen molar-refractivity contribution in [3.05, 3.63) is 102 Å². The highest BCUT2D eigenvalue weighted by Crippen LogP contribution is 2.41. The molecule has 0 unspecified atom stereocenters. The third kappa shape index (κ3) is 3.65. The first kappa shape index (κ1) is 20.3. The lowest BCUT2D eigenvalue weighted by molar-refractivity contribution is 0.280. The Hall–Kier alpha value is -3.58. The smallest absolute Gasteiger partial charge is 0.170 e. The molecule has 7 heteroatoms. The molecule has 0 saturated carbocycles. The summed E-state index contributed by atoms with van der Waals surface area (Å²) >= 11 is 5.79. The van der Waals surface area contributed by atoms with Gasteiger partial charge in [-0.25, -0.2) is 0 Å². The van der Waals surface area contributed by atoms with E-state index in [9.17, 15) is 0 Å². The number of benzene rings is 1. The molecule has 0 amide bonds. The van der Waals surface area contributed by atoms with Crippen LogP contribution in [0.3, 0.4) is 0 Å². The van der Waals surface area contributed by atoms with E-state index < -0.39 is 0 Å². The molecule has 1 fully saturated rings. The molecule has 6 nitrogen and oxygen atoms in total. The van der Waals surface area contributed by atoms with E-state index in [4.69, 9.17) is 21.4 Å². The van der Waals surface area contributed by atoms with Gasteiger partial charge in [-0.15, -0.1) is 0 Å². The van der Waals surface area contributed by atoms with E-state index in [1.54, 1.807) is 13.4 Å². The zero-order chi connectivity index (χ0) is 22.1. The van der Waals surface area contributed by atoms with Crippen molar-refractivity contribution in [3.8, 4) is 11.4 Å². The summed E-state index contributed by atoms with van der Waals surface area (Å²) < 4.78 is 13.3. The molecule has 1 N–H and O–H groups in total. The first-order valence-corrected chi connectivity index (χ1v) is 10.9. The van der Waals surface area contributed by atoms with Crippen molar-refractivity contribution in [2.24, 2.45) is 0 Å². The number of aromatic nitrogens is 2. The molecule has 32 heavy (non-hydrogen) atoms. The van der Waals surface area contributed by atoms with Gasteiger partial charge in [-0.1, -0.05) is 6.07 Å². The van der Waals surface area contributed by atoms with Gasteiger partial charge in [0.15, 0.2) is 5.11 Å². The second-order valence-corrected chi connectivity index (χ2v) is 8.15. The van der Waals surface area contributed by atoms with Gasteiger partial charge < -0.3 is 23.9 Å². The Morgan fingerprint density at radius 2 is 1.91 bits per heavy atom. The van der Waals surface area contributed by atoms with Crippen LogP contribution in [0.4, 0.5) is 0 Å². The highest BCUT2D eigenvalue weighted by Gasteiger charge is 2.41. The molecule has 3 aromatic heterocycles. The second kappa shape index (κ2) is 8.51. The van der Waals surface area contributed by atoms with Crippen LogP contribution in [0.1, 0.15) is 34.9 Å². The fourth-order valence-corrected chi connectivity index (χ4v) is 4.65. The van der Waals surface area contributed by atoms with Gasteiger partial charge >= 0.3 is 0 Å². The van der Waals surface area contributed by atoms with Gasteiger partial charge in [-0.05, 0) is 79.8 Å². The topological polar surface area (TPSA) is 55.5 Å². The number of methoxy groups -OCH3 is 1. The molecule has 0 radical (unpaired) electrons. The van der Waals surface area contributed by atoms with E-state index >= 15 is 0 Å². The molecule has 5 rings (SSSR count). The van der Waals surface area contributed by atoms with Crippen LogP contribution in [-0.4, -0.2) is 26.7 Å². The van der Waals surface area contributed by atoms with Gasteiger partial charge in [-0.2, -0.15) is 0 Å². The molecule has 0 aliphatic carbocycles. The van der Waals surface area contributed by atoms with Crippen LogP contribution in [-0.2, 0) is 6.54 Å². The van der Waals surface area contributed by atoms with Gasteiger partial charge in [0.2, 0.25) is 0 Å². The van der Waals surface area contributed by atoms with Crippen molar-refractivity contribution in [2.45, 2.75) is 25.6 Å². The minimum Gasteiger partial charge on any atom is -0.497 e. The molecule has 0 bridgehead atoms. The minimum absolute atomic E-state index is 0.0710. The Morgan fingerprint density at radius 3 is 2.59 bits per heavy atom. The lowest BCUT2D eigenvalue weighted by atomic mass is 10.0. The lowest BCUT2D eigenvalue weighted by Gasteiger charge is -2.28. The van der Waals surface area contributed by atoms with E-state index in [0.717, 1.165) is 34.3 Å². The van der Waals surface area contributed by atoms with E-state index in [1.165, 1.54) is 0 Å². The molecule has 4 aromatic rings. The van der Waals surface area contributed by atoms with Crippen molar-refractivity contribution >= 4 is 17.3 Å². The van der Waals surface area contributed by atoms with Crippen LogP contribution < -0.4 is 10.1 Å². The van der Waals surface area contributed by atoms with Crippen LogP contribution in [0.15, 0.2) is 83.6 Å². The monoisotopic (exact) mass is 444 g/mol. The first-order chi connectivity index (χ1) is 15.7. The molecule has 1 saturated heterocycles. The van der Waals surface area contributed by atoms with Crippen LogP contribution in [0.25, 0.3) is 5.69 Å². The Balaban J connectivity index is 1.62. The van der Waals surface area contributed by atoms with Crippen LogP contribution in [0, 0.1) is 6.92 Å². The quantitative estimate of drug-likeness (QED) is 0.425. The maximum atomic E-state index is 5.79. The number of nitrogens with one attached hydrogen (secondary N) is 1. The minimum atomic E-state index is -0.0926. The van der Waals surface area contributed by atoms with Crippen molar-refractivity contribution < 1.29 is 9.15 Å². The first-order valence-electron chi connectivity index (χ1n) is 10.5. The Bertz CT molecular complexity index is 1200. The number of aryl methyl sites for hydroxylation is 1. The fourth-order valence-electron chi connectivity index (χ4n) is 4.34. The summed E-state index contributed by atoms with van der Waals surface area (Å²) in [5, 5.41) is 4.19. The number of ether oxygens (including phenoxy) is 1. The van der Waals surface area contributed by atoms with Crippen LogP contribution >= 0.6 is 12.2 Å². The zero-order valence-electron chi connectivity index (χ0n) is 17.9. The summed E-state index contributed by atoms with van der Waals surface area (Å²) in [4.78, 5) is 6.82. The van der Waals surface area contributed by atoms with Crippen molar-refractivity contribution in [1.82, 2.24) is 19.8 Å². The van der Waals surface area contributed by atoms with Gasteiger partial charge in [0.05, 0.1) is 37.7 Å². The standard InChI is InChI=1S/C25H24N4O2S/c1-17-8-13-22(29(17)18-9-11-19(30-2)12-10-18)24-23(21-7-3-4-14-26-21)27-25(32)28(24)16-20-6-5-15-31-20/h3-15,23-24H,16H2,1-2H3,(H,27,32)/t23-,24+/m0/s1. The number of furan rings is 1. The largest absolute Gasteiger partial charge is 0.497 e. The Kier molecular flexibility index (Phi) is 5.41. The number of pyridine rings is 1. The summed E-state index contributed by atoms with van der Waals surface area (Å²) in [5.74, 6) is 1.69. The molecule has 1 aliphatic rings. The molecule has 162 valence electrons. The van der Waals surface area contributed by atoms with Gasteiger partial charge in [-0.3, -0.25) is 4.98 Å². The number of hydrogen-bond donors (Lipinski definition) is 1. The summed E-state index contributed by atoms with van der Waals surface area (Å²) in [6.07, 6.45) is 3.51. The van der Waals surface area contributed by atoms with Gasteiger partial charge in [0.25, 0.3) is 0 Å². The summed E-state index contributed by atoms with van der Waals surface area (Å²) in [7, 11) is 1.68. The molecule has 0 spiro atoms. The Morgan fingerprint density at radius 1 is 1.06 bits per heavy atom. The van der Waals surface area contributed by atoms with Gasteiger partial charge in [0.1, 0.15) is 11.5 Å². The number of nitrogens with zero attached hydrogens (tertiary/aromatic N) is 3. The number of hydrogen-bond acceptors (Lipinski definition) is 4. The molecule has 1 aliphatic heterocycles. The zero-order valence-corrected chi connectivity index (χ0v) is 18.8. The summed E-state index contributed by atoms with van der Waals surface area (Å²) in [6, 6.07) is 22.1. The van der Waals surface area contributed by atoms with E-state index in [2.05, 4.69) is 51.0 Å². The molecule has 4 heterocycles.